The number of rotatable bonds is 6. The minimum atomic E-state index is 0.210. The Morgan fingerprint density at radius 2 is 2.35 bits per heavy atom. The Bertz CT molecular complexity index is 588. The number of thiazole rings is 1. The Labute approximate surface area is 124 Å². The van der Waals surface area contributed by atoms with Gasteiger partial charge in [-0.25, -0.2) is 4.98 Å². The van der Waals surface area contributed by atoms with Crippen LogP contribution in [0.1, 0.15) is 32.4 Å². The monoisotopic (exact) mass is 292 g/mol. The Morgan fingerprint density at radius 1 is 1.60 bits per heavy atom. The molecule has 2 heterocycles. The summed E-state index contributed by atoms with van der Waals surface area (Å²) in [6, 6.07) is 0.210. The summed E-state index contributed by atoms with van der Waals surface area (Å²) in [4.78, 5) is 8.22. The molecule has 1 saturated carbocycles. The van der Waals surface area contributed by atoms with Gasteiger partial charge < -0.3 is 10.6 Å². The van der Waals surface area contributed by atoms with Crippen molar-refractivity contribution in [2.75, 3.05) is 18.5 Å². The zero-order valence-electron chi connectivity index (χ0n) is 12.5. The number of imidazole rings is 1. The standard InChI is InChI=1S/C15H24N4S/c1-4-12(16)8-13-14(17-15-19(13)5-6-20-15)18(3)9-11-7-10(11)2/h5-6,10-12H,4,7-9,16H2,1-3H3. The van der Waals surface area contributed by atoms with Crippen LogP contribution in [-0.2, 0) is 6.42 Å². The summed E-state index contributed by atoms with van der Waals surface area (Å²) in [5, 5.41) is 2.09. The van der Waals surface area contributed by atoms with Gasteiger partial charge in [0.1, 0.15) is 0 Å². The molecule has 1 aliphatic carbocycles. The average molecular weight is 292 g/mol. The molecule has 2 aromatic rings. The molecule has 2 aromatic heterocycles. The Hall–Kier alpha value is -1.07. The van der Waals surface area contributed by atoms with E-state index in [9.17, 15) is 0 Å². The SMILES string of the molecule is CCC(N)Cc1c(N(C)CC2CC2C)nc2sccn12. The molecule has 0 aromatic carbocycles. The van der Waals surface area contributed by atoms with Crippen molar-refractivity contribution in [3.8, 4) is 0 Å². The molecule has 110 valence electrons. The van der Waals surface area contributed by atoms with E-state index in [1.54, 1.807) is 11.3 Å². The molecule has 5 heteroatoms. The first-order valence-electron chi connectivity index (χ1n) is 7.51. The Morgan fingerprint density at radius 3 is 3.00 bits per heavy atom. The highest BCUT2D eigenvalue weighted by molar-refractivity contribution is 7.15. The van der Waals surface area contributed by atoms with E-state index in [2.05, 4.69) is 41.8 Å². The van der Waals surface area contributed by atoms with Crippen molar-refractivity contribution in [3.05, 3.63) is 17.3 Å². The largest absolute Gasteiger partial charge is 0.358 e. The maximum Gasteiger partial charge on any atom is 0.195 e. The zero-order valence-corrected chi connectivity index (χ0v) is 13.4. The lowest BCUT2D eigenvalue weighted by atomic mass is 10.1. The van der Waals surface area contributed by atoms with E-state index >= 15 is 0 Å². The lowest BCUT2D eigenvalue weighted by molar-refractivity contribution is 0.631. The summed E-state index contributed by atoms with van der Waals surface area (Å²) in [6.07, 6.45) is 5.37. The van der Waals surface area contributed by atoms with Crippen LogP contribution in [0.3, 0.4) is 0 Å². The second kappa shape index (κ2) is 5.37. The molecular formula is C15H24N4S. The third kappa shape index (κ3) is 2.56. The van der Waals surface area contributed by atoms with Gasteiger partial charge in [-0.1, -0.05) is 13.8 Å². The van der Waals surface area contributed by atoms with Gasteiger partial charge in [0.2, 0.25) is 0 Å². The second-order valence-electron chi connectivity index (χ2n) is 6.16. The van der Waals surface area contributed by atoms with Crippen molar-refractivity contribution < 1.29 is 0 Å². The van der Waals surface area contributed by atoms with Gasteiger partial charge >= 0.3 is 0 Å². The fourth-order valence-electron chi connectivity index (χ4n) is 2.80. The molecule has 2 N–H and O–H groups in total. The smallest absolute Gasteiger partial charge is 0.195 e. The molecule has 20 heavy (non-hydrogen) atoms. The molecule has 3 unspecified atom stereocenters. The summed E-state index contributed by atoms with van der Waals surface area (Å²) in [5.41, 5.74) is 7.44. The molecule has 0 spiro atoms. The first-order chi connectivity index (χ1) is 9.60. The number of nitrogens with zero attached hydrogens (tertiary/aromatic N) is 3. The van der Waals surface area contributed by atoms with E-state index in [0.29, 0.717) is 0 Å². The van der Waals surface area contributed by atoms with Gasteiger partial charge in [0.05, 0.1) is 5.69 Å². The van der Waals surface area contributed by atoms with Crippen LogP contribution in [0.15, 0.2) is 11.6 Å². The van der Waals surface area contributed by atoms with E-state index in [0.717, 1.165) is 42.0 Å². The van der Waals surface area contributed by atoms with Crippen molar-refractivity contribution >= 4 is 22.1 Å². The normalized spacial score (nSPS) is 23.2. The summed E-state index contributed by atoms with van der Waals surface area (Å²) in [6.45, 7) is 5.59. The van der Waals surface area contributed by atoms with Gasteiger partial charge in [-0.2, -0.15) is 0 Å². The van der Waals surface area contributed by atoms with Crippen LogP contribution in [0.25, 0.3) is 4.96 Å². The third-order valence-corrected chi connectivity index (χ3v) is 5.22. The molecule has 0 bridgehead atoms. The van der Waals surface area contributed by atoms with E-state index in [-0.39, 0.29) is 6.04 Å². The molecule has 0 aliphatic heterocycles. The summed E-state index contributed by atoms with van der Waals surface area (Å²) in [7, 11) is 2.17. The lowest BCUT2D eigenvalue weighted by Gasteiger charge is -2.19. The minimum absolute atomic E-state index is 0.210. The van der Waals surface area contributed by atoms with Crippen LogP contribution in [-0.4, -0.2) is 29.0 Å². The van der Waals surface area contributed by atoms with Crippen molar-refractivity contribution in [2.24, 2.45) is 17.6 Å². The van der Waals surface area contributed by atoms with Crippen LogP contribution in [0.2, 0.25) is 0 Å². The van der Waals surface area contributed by atoms with Gasteiger partial charge in [0.15, 0.2) is 10.8 Å². The van der Waals surface area contributed by atoms with Crippen LogP contribution in [0.5, 0.6) is 0 Å². The van der Waals surface area contributed by atoms with E-state index in [4.69, 9.17) is 10.7 Å². The lowest BCUT2D eigenvalue weighted by Crippen LogP contribution is -2.26. The second-order valence-corrected chi connectivity index (χ2v) is 7.04. The van der Waals surface area contributed by atoms with Crippen molar-refractivity contribution in [2.45, 2.75) is 39.2 Å². The summed E-state index contributed by atoms with van der Waals surface area (Å²) in [5.74, 6) is 2.84. The number of nitrogens with two attached hydrogens (primary N) is 1. The van der Waals surface area contributed by atoms with Crippen LogP contribution in [0, 0.1) is 11.8 Å². The van der Waals surface area contributed by atoms with Crippen molar-refractivity contribution in [3.63, 3.8) is 0 Å². The van der Waals surface area contributed by atoms with Crippen molar-refractivity contribution in [1.29, 1.82) is 0 Å². The van der Waals surface area contributed by atoms with Gasteiger partial charge in [-0.05, 0) is 24.7 Å². The predicted molar refractivity (Wildman–Crippen MR) is 85.6 cm³/mol. The highest BCUT2D eigenvalue weighted by atomic mass is 32.1. The molecule has 4 nitrogen and oxygen atoms in total. The van der Waals surface area contributed by atoms with Crippen molar-refractivity contribution in [1.82, 2.24) is 9.38 Å². The molecular weight excluding hydrogens is 268 g/mol. The molecule has 0 radical (unpaired) electrons. The number of aromatic nitrogens is 2. The van der Waals surface area contributed by atoms with Gasteiger partial charge in [0.25, 0.3) is 0 Å². The summed E-state index contributed by atoms with van der Waals surface area (Å²) >= 11 is 1.69. The first kappa shape index (κ1) is 13.9. The first-order valence-corrected chi connectivity index (χ1v) is 8.39. The Kier molecular flexibility index (Phi) is 3.73. The highest BCUT2D eigenvalue weighted by Crippen LogP contribution is 2.39. The topological polar surface area (TPSA) is 46.6 Å². The fourth-order valence-corrected chi connectivity index (χ4v) is 3.53. The van der Waals surface area contributed by atoms with Gasteiger partial charge in [-0.15, -0.1) is 11.3 Å². The minimum Gasteiger partial charge on any atom is -0.358 e. The van der Waals surface area contributed by atoms with E-state index < -0.39 is 0 Å². The predicted octanol–water partition coefficient (Wildman–Crippen LogP) is 2.77. The van der Waals surface area contributed by atoms with E-state index in [1.807, 2.05) is 0 Å². The van der Waals surface area contributed by atoms with Crippen LogP contribution in [0.4, 0.5) is 5.82 Å². The zero-order chi connectivity index (χ0) is 14.3. The molecule has 1 aliphatic rings. The molecule has 0 amide bonds. The van der Waals surface area contributed by atoms with Crippen LogP contribution < -0.4 is 10.6 Å². The van der Waals surface area contributed by atoms with E-state index in [1.165, 1.54) is 12.1 Å². The van der Waals surface area contributed by atoms with Gasteiger partial charge in [-0.3, -0.25) is 4.40 Å². The molecule has 3 rings (SSSR count). The maximum absolute atomic E-state index is 6.17. The number of hydrogen-bond donors (Lipinski definition) is 1. The number of fused-ring (bicyclic) bond motifs is 1. The quantitative estimate of drug-likeness (QED) is 0.890. The van der Waals surface area contributed by atoms with Crippen LogP contribution >= 0.6 is 11.3 Å². The number of anilines is 1. The maximum atomic E-state index is 6.17. The average Bonchev–Trinajstić information content (AvgIpc) is 2.84. The fraction of sp³-hybridized carbons (Fsp3) is 0.667. The van der Waals surface area contributed by atoms with Gasteiger partial charge in [0, 0.05) is 37.6 Å². The third-order valence-electron chi connectivity index (χ3n) is 4.47. The highest BCUT2D eigenvalue weighted by Gasteiger charge is 2.34. The molecule has 0 saturated heterocycles. The summed E-state index contributed by atoms with van der Waals surface area (Å²) < 4.78 is 2.21. The number of hydrogen-bond acceptors (Lipinski definition) is 4. The molecule has 3 atom stereocenters. The Balaban J connectivity index is 1.87. The molecule has 1 fully saturated rings.